The zero-order chi connectivity index (χ0) is 13.6. The van der Waals surface area contributed by atoms with E-state index in [0.717, 1.165) is 38.9 Å². The molecule has 6 aliphatic carbocycles. The summed E-state index contributed by atoms with van der Waals surface area (Å²) in [5, 5.41) is 0. The van der Waals surface area contributed by atoms with Crippen LogP contribution in [0.3, 0.4) is 0 Å². The minimum absolute atomic E-state index is 0.669. The van der Waals surface area contributed by atoms with E-state index in [0.29, 0.717) is 5.41 Å². The highest BCUT2D eigenvalue weighted by atomic mass is 127. The van der Waals surface area contributed by atoms with Crippen molar-refractivity contribution in [2.24, 2.45) is 35.5 Å². The van der Waals surface area contributed by atoms with Crippen molar-refractivity contribution in [1.29, 1.82) is 0 Å². The second kappa shape index (κ2) is 2.84. The van der Waals surface area contributed by atoms with Gasteiger partial charge >= 0.3 is 0 Å². The molecule has 0 saturated heterocycles. The Balaban J connectivity index is 1.29. The first-order valence-corrected chi connectivity index (χ1v) is 9.23. The van der Waals surface area contributed by atoms with Crippen molar-refractivity contribution in [3.63, 3.8) is 0 Å². The molecular weight excluding hydrogens is 367 g/mol. The SMILES string of the molecule is IC12C3C4C1C1C2C3C41c1ccc(-c2ccccc2)cc1. The van der Waals surface area contributed by atoms with Crippen LogP contribution in [0.1, 0.15) is 5.56 Å². The molecule has 0 spiro atoms. The number of alkyl halides is 1. The van der Waals surface area contributed by atoms with Gasteiger partial charge in [-0.1, -0.05) is 77.2 Å². The molecule has 6 saturated carbocycles. The molecule has 6 fully saturated rings. The molecule has 102 valence electrons. The van der Waals surface area contributed by atoms with Crippen LogP contribution in [0.25, 0.3) is 11.1 Å². The molecule has 0 heterocycles. The van der Waals surface area contributed by atoms with Crippen molar-refractivity contribution in [2.75, 3.05) is 0 Å². The normalized spacial score (nSPS) is 55.3. The van der Waals surface area contributed by atoms with Gasteiger partial charge in [0.15, 0.2) is 0 Å². The highest BCUT2D eigenvalue weighted by molar-refractivity contribution is 14.1. The average molecular weight is 382 g/mol. The fourth-order valence-corrected chi connectivity index (χ4v) is 9.88. The second-order valence-corrected chi connectivity index (χ2v) is 9.73. The van der Waals surface area contributed by atoms with Crippen LogP contribution in [-0.2, 0) is 5.41 Å². The van der Waals surface area contributed by atoms with Crippen LogP contribution in [-0.4, -0.2) is 3.42 Å². The van der Waals surface area contributed by atoms with Crippen molar-refractivity contribution in [2.45, 2.75) is 8.84 Å². The quantitative estimate of drug-likeness (QED) is 0.529. The summed E-state index contributed by atoms with van der Waals surface area (Å²) in [5.41, 5.74) is 5.04. The van der Waals surface area contributed by atoms with Gasteiger partial charge in [0, 0.05) is 8.84 Å². The van der Waals surface area contributed by atoms with Gasteiger partial charge in [0.2, 0.25) is 0 Å². The van der Waals surface area contributed by atoms with E-state index in [1.54, 1.807) is 5.56 Å². The van der Waals surface area contributed by atoms with Crippen molar-refractivity contribution in [3.05, 3.63) is 60.2 Å². The van der Waals surface area contributed by atoms with Gasteiger partial charge in [-0.05, 0) is 52.2 Å². The van der Waals surface area contributed by atoms with Gasteiger partial charge in [-0.15, -0.1) is 0 Å². The summed E-state index contributed by atoms with van der Waals surface area (Å²) >= 11 is 2.82. The van der Waals surface area contributed by atoms with Crippen LogP contribution < -0.4 is 0 Å². The number of benzene rings is 2. The van der Waals surface area contributed by atoms with E-state index < -0.39 is 0 Å². The van der Waals surface area contributed by atoms with Crippen LogP contribution in [0.4, 0.5) is 0 Å². The summed E-state index contributed by atoms with van der Waals surface area (Å²) in [7, 11) is 0. The maximum absolute atomic E-state index is 2.82. The lowest BCUT2D eigenvalue weighted by Gasteiger charge is -3.10. The molecule has 0 atom stereocenters. The molecule has 8 rings (SSSR count). The molecule has 21 heavy (non-hydrogen) atoms. The Morgan fingerprint density at radius 2 is 1.14 bits per heavy atom. The Kier molecular flexibility index (Phi) is 1.47. The van der Waals surface area contributed by atoms with E-state index in [1.165, 1.54) is 11.1 Å². The molecule has 0 radical (unpaired) electrons. The molecule has 0 amide bonds. The Morgan fingerprint density at radius 1 is 0.619 bits per heavy atom. The van der Waals surface area contributed by atoms with Gasteiger partial charge in [-0.2, -0.15) is 0 Å². The smallest absolute Gasteiger partial charge is 0.0325 e. The third kappa shape index (κ3) is 0.744. The van der Waals surface area contributed by atoms with E-state index in [4.69, 9.17) is 0 Å². The third-order valence-electron chi connectivity index (χ3n) is 8.00. The predicted octanol–water partition coefficient (Wildman–Crippen LogP) is 4.53. The molecule has 2 aromatic carbocycles. The summed E-state index contributed by atoms with van der Waals surface area (Å²) in [6, 6.07) is 20.4. The first kappa shape index (κ1) is 10.8. The van der Waals surface area contributed by atoms with Gasteiger partial charge in [0.1, 0.15) is 0 Å². The zero-order valence-corrected chi connectivity index (χ0v) is 13.7. The fraction of sp³-hybridized carbons (Fsp3) is 0.400. The molecule has 0 bridgehead atoms. The van der Waals surface area contributed by atoms with Gasteiger partial charge in [-0.3, -0.25) is 0 Å². The van der Waals surface area contributed by atoms with E-state index in [-0.39, 0.29) is 0 Å². The van der Waals surface area contributed by atoms with Crippen LogP contribution in [0.15, 0.2) is 54.6 Å². The van der Waals surface area contributed by atoms with Crippen LogP contribution >= 0.6 is 22.6 Å². The largest absolute Gasteiger partial charge is 0.0779 e. The van der Waals surface area contributed by atoms with E-state index in [9.17, 15) is 0 Å². The van der Waals surface area contributed by atoms with E-state index in [2.05, 4.69) is 77.2 Å². The highest BCUT2D eigenvalue weighted by Crippen LogP contribution is 3.08. The van der Waals surface area contributed by atoms with E-state index in [1.807, 2.05) is 0 Å². The van der Waals surface area contributed by atoms with Gasteiger partial charge in [0.25, 0.3) is 0 Å². The highest BCUT2D eigenvalue weighted by Gasteiger charge is 3.09. The number of rotatable bonds is 2. The van der Waals surface area contributed by atoms with Gasteiger partial charge in [-0.25, -0.2) is 0 Å². The molecule has 0 aliphatic heterocycles. The first-order chi connectivity index (χ1) is 10.3. The minimum Gasteiger partial charge on any atom is -0.0779 e. The summed E-state index contributed by atoms with van der Waals surface area (Å²) in [4.78, 5) is 0. The lowest BCUT2D eigenvalue weighted by molar-refractivity contribution is -0.555. The molecule has 0 N–H and O–H groups in total. The standard InChI is InChI=1S/C20H15I/c21-20-16-13-17(20)15-18(20)14(16)19(13,15)12-8-6-11(7-9-12)10-4-2-1-3-5-10/h1-9,13-18H. The lowest BCUT2D eigenvalue weighted by atomic mass is 8.96. The van der Waals surface area contributed by atoms with E-state index >= 15 is 0 Å². The van der Waals surface area contributed by atoms with Crippen LogP contribution in [0, 0.1) is 35.5 Å². The minimum atomic E-state index is 0.669. The molecular formula is C20H15I. The summed E-state index contributed by atoms with van der Waals surface area (Å²) in [6.07, 6.45) is 0. The fourth-order valence-electron chi connectivity index (χ4n) is 7.56. The molecule has 1 heteroatoms. The Labute approximate surface area is 138 Å². The number of halogens is 1. The summed E-state index contributed by atoms with van der Waals surface area (Å²) < 4.78 is 0.809. The first-order valence-electron chi connectivity index (χ1n) is 8.15. The Hall–Kier alpha value is -0.830. The molecule has 6 aliphatic rings. The predicted molar refractivity (Wildman–Crippen MR) is 91.2 cm³/mol. The lowest BCUT2D eigenvalue weighted by Crippen LogP contribution is -3.12. The maximum atomic E-state index is 2.82. The summed E-state index contributed by atoms with van der Waals surface area (Å²) in [6.45, 7) is 0. The number of hydrogen-bond acceptors (Lipinski definition) is 0. The molecule has 2 aromatic rings. The average Bonchev–Trinajstić information content (AvgIpc) is 2.56. The molecule has 0 unspecified atom stereocenters. The van der Waals surface area contributed by atoms with Crippen molar-refractivity contribution in [1.82, 2.24) is 0 Å². The zero-order valence-electron chi connectivity index (χ0n) is 11.5. The van der Waals surface area contributed by atoms with Gasteiger partial charge < -0.3 is 0 Å². The molecule has 0 nitrogen and oxygen atoms in total. The van der Waals surface area contributed by atoms with Crippen molar-refractivity contribution in [3.8, 4) is 11.1 Å². The third-order valence-corrected chi connectivity index (χ3v) is 10.2. The maximum Gasteiger partial charge on any atom is 0.0325 e. The summed E-state index contributed by atoms with van der Waals surface area (Å²) in [5.74, 6) is 6.59. The Bertz CT molecular complexity index is 750. The molecule has 0 aromatic heterocycles. The van der Waals surface area contributed by atoms with Gasteiger partial charge in [0.05, 0.1) is 0 Å². The van der Waals surface area contributed by atoms with Crippen molar-refractivity contribution >= 4 is 22.6 Å². The monoisotopic (exact) mass is 382 g/mol. The topological polar surface area (TPSA) is 0 Å². The second-order valence-electron chi connectivity index (χ2n) is 7.86. The Morgan fingerprint density at radius 3 is 1.71 bits per heavy atom. The van der Waals surface area contributed by atoms with Crippen LogP contribution in [0.2, 0.25) is 0 Å². The van der Waals surface area contributed by atoms with Crippen molar-refractivity contribution < 1.29 is 0 Å². The number of hydrogen-bond donors (Lipinski definition) is 0. The van der Waals surface area contributed by atoms with Crippen LogP contribution in [0.5, 0.6) is 0 Å².